The van der Waals surface area contributed by atoms with Crippen LogP contribution in [0.25, 0.3) is 0 Å². The Morgan fingerprint density at radius 1 is 1.19 bits per heavy atom. The molecule has 0 saturated heterocycles. The van der Waals surface area contributed by atoms with Gasteiger partial charge in [0, 0.05) is 24.7 Å². The van der Waals surface area contributed by atoms with Crippen molar-refractivity contribution in [2.75, 3.05) is 14.2 Å². The third-order valence-electron chi connectivity index (χ3n) is 9.70. The minimum atomic E-state index is -1.12. The summed E-state index contributed by atoms with van der Waals surface area (Å²) in [5.41, 5.74) is -1.16. The molecule has 4 rings (SSSR count). The second-order valence-corrected chi connectivity index (χ2v) is 10.9. The van der Waals surface area contributed by atoms with Crippen molar-refractivity contribution in [3.05, 3.63) is 11.6 Å². The molecular weight excluding hydrogens is 412 g/mol. The SMILES string of the molecule is COC(=O)CC[C@]1(O)CCC2C3C([C@H](O)C[C@@]21C)[C@@]1(C)CCC(=O)CC1=C[C@H]3C(=O)OC. The summed E-state index contributed by atoms with van der Waals surface area (Å²) in [7, 11) is 2.71. The van der Waals surface area contributed by atoms with Gasteiger partial charge in [0.15, 0.2) is 0 Å². The topological polar surface area (TPSA) is 110 Å². The number of hydrogen-bond donors (Lipinski definition) is 2. The second kappa shape index (κ2) is 7.94. The van der Waals surface area contributed by atoms with Gasteiger partial charge in [-0.05, 0) is 55.3 Å². The van der Waals surface area contributed by atoms with Crippen LogP contribution in [0.15, 0.2) is 11.6 Å². The first-order valence-corrected chi connectivity index (χ1v) is 11.8. The van der Waals surface area contributed by atoms with E-state index in [4.69, 9.17) is 9.47 Å². The maximum atomic E-state index is 12.9. The van der Waals surface area contributed by atoms with E-state index in [0.29, 0.717) is 38.5 Å². The molecule has 0 aliphatic heterocycles. The minimum Gasteiger partial charge on any atom is -0.469 e. The first kappa shape index (κ1) is 23.4. The van der Waals surface area contributed by atoms with Gasteiger partial charge in [0.05, 0.1) is 31.8 Å². The van der Waals surface area contributed by atoms with Crippen molar-refractivity contribution in [2.45, 2.75) is 76.9 Å². The van der Waals surface area contributed by atoms with Gasteiger partial charge < -0.3 is 19.7 Å². The average molecular weight is 449 g/mol. The molecule has 32 heavy (non-hydrogen) atoms. The molecular formula is C25H36O7. The highest BCUT2D eigenvalue weighted by molar-refractivity contribution is 5.84. The number of rotatable bonds is 4. The van der Waals surface area contributed by atoms with Gasteiger partial charge in [-0.2, -0.15) is 0 Å². The first-order chi connectivity index (χ1) is 15.0. The molecule has 4 aliphatic carbocycles. The van der Waals surface area contributed by atoms with Crippen LogP contribution in [-0.2, 0) is 23.9 Å². The molecule has 178 valence electrons. The molecule has 0 spiro atoms. The lowest BCUT2D eigenvalue weighted by Gasteiger charge is -2.61. The van der Waals surface area contributed by atoms with Crippen molar-refractivity contribution in [1.82, 2.24) is 0 Å². The third-order valence-corrected chi connectivity index (χ3v) is 9.70. The predicted molar refractivity (Wildman–Crippen MR) is 115 cm³/mol. The molecule has 3 fully saturated rings. The van der Waals surface area contributed by atoms with E-state index in [1.807, 2.05) is 13.0 Å². The predicted octanol–water partition coefficient (Wildman–Crippen LogP) is 2.57. The van der Waals surface area contributed by atoms with Gasteiger partial charge in [-0.3, -0.25) is 14.4 Å². The molecule has 0 aromatic rings. The fraction of sp³-hybridized carbons (Fsp3) is 0.800. The van der Waals surface area contributed by atoms with Gasteiger partial charge in [-0.1, -0.05) is 25.5 Å². The molecule has 0 aromatic heterocycles. The van der Waals surface area contributed by atoms with Crippen molar-refractivity contribution in [3.8, 4) is 0 Å². The van der Waals surface area contributed by atoms with E-state index >= 15 is 0 Å². The number of ketones is 1. The van der Waals surface area contributed by atoms with Crippen LogP contribution in [0.1, 0.15) is 65.2 Å². The molecule has 7 heteroatoms. The number of hydrogen-bond acceptors (Lipinski definition) is 7. The number of allylic oxidation sites excluding steroid dienone is 1. The van der Waals surface area contributed by atoms with Crippen molar-refractivity contribution < 1.29 is 34.1 Å². The van der Waals surface area contributed by atoms with Crippen LogP contribution in [0.2, 0.25) is 0 Å². The van der Waals surface area contributed by atoms with Crippen molar-refractivity contribution in [3.63, 3.8) is 0 Å². The highest BCUT2D eigenvalue weighted by atomic mass is 16.5. The highest BCUT2D eigenvalue weighted by Crippen LogP contribution is 2.68. The van der Waals surface area contributed by atoms with Crippen LogP contribution in [0, 0.1) is 34.5 Å². The van der Waals surface area contributed by atoms with Gasteiger partial charge in [0.25, 0.3) is 0 Å². The monoisotopic (exact) mass is 448 g/mol. The van der Waals surface area contributed by atoms with Crippen LogP contribution in [0.4, 0.5) is 0 Å². The normalized spacial score (nSPS) is 45.2. The van der Waals surface area contributed by atoms with Crippen molar-refractivity contribution >= 4 is 17.7 Å². The number of carbonyl (C=O) groups excluding carboxylic acids is 3. The quantitative estimate of drug-likeness (QED) is 0.502. The molecule has 0 aromatic carbocycles. The van der Waals surface area contributed by atoms with Gasteiger partial charge in [0.1, 0.15) is 5.78 Å². The van der Waals surface area contributed by atoms with Crippen LogP contribution in [0.3, 0.4) is 0 Å². The molecule has 3 saturated carbocycles. The van der Waals surface area contributed by atoms with E-state index in [0.717, 1.165) is 5.57 Å². The number of ether oxygens (including phenoxy) is 2. The standard InChI is InChI=1S/C25H36O7/c1-23-8-5-15(26)11-14(23)12-16(22(29)32-4)20-17-6-9-25(30,10-7-19(28)31-3)24(17,2)13-18(27)21(20)23/h12,16-18,20-21,27,30H,5-11,13H2,1-4H3/t16-,17?,18-,20?,21?,23+,24+,25-/m1/s1. The zero-order valence-electron chi connectivity index (χ0n) is 19.6. The Hall–Kier alpha value is -1.73. The van der Waals surface area contributed by atoms with E-state index < -0.39 is 23.0 Å². The molecule has 0 heterocycles. The van der Waals surface area contributed by atoms with E-state index in [9.17, 15) is 24.6 Å². The molecule has 4 aliphatic rings. The van der Waals surface area contributed by atoms with Crippen LogP contribution < -0.4 is 0 Å². The van der Waals surface area contributed by atoms with E-state index in [2.05, 4.69) is 6.92 Å². The Morgan fingerprint density at radius 2 is 1.91 bits per heavy atom. The molecule has 2 N–H and O–H groups in total. The first-order valence-electron chi connectivity index (χ1n) is 11.8. The Kier molecular flexibility index (Phi) is 5.82. The third kappa shape index (κ3) is 3.26. The van der Waals surface area contributed by atoms with Gasteiger partial charge in [-0.25, -0.2) is 0 Å². The number of aliphatic hydroxyl groups is 2. The Labute approximate surface area is 189 Å². The van der Waals surface area contributed by atoms with Gasteiger partial charge in [-0.15, -0.1) is 0 Å². The Bertz CT molecular complexity index is 849. The number of Topliss-reactive ketones (excluding diaryl/α,β-unsaturated/α-hetero) is 1. The zero-order valence-corrected chi connectivity index (χ0v) is 19.6. The molecule has 0 radical (unpaired) electrons. The molecule has 0 bridgehead atoms. The largest absolute Gasteiger partial charge is 0.469 e. The summed E-state index contributed by atoms with van der Waals surface area (Å²) < 4.78 is 9.95. The molecule has 3 unspecified atom stereocenters. The number of methoxy groups -OCH3 is 2. The van der Waals surface area contributed by atoms with Crippen molar-refractivity contribution in [2.24, 2.45) is 34.5 Å². The number of carbonyl (C=O) groups is 3. The Balaban J connectivity index is 1.76. The summed E-state index contributed by atoms with van der Waals surface area (Å²) in [4.78, 5) is 37.0. The van der Waals surface area contributed by atoms with Crippen LogP contribution >= 0.6 is 0 Å². The molecule has 8 atom stereocenters. The number of esters is 2. The molecule has 7 nitrogen and oxygen atoms in total. The lowest BCUT2D eigenvalue weighted by Crippen LogP contribution is -2.62. The number of aliphatic hydroxyl groups excluding tert-OH is 1. The van der Waals surface area contributed by atoms with E-state index in [1.165, 1.54) is 14.2 Å². The van der Waals surface area contributed by atoms with E-state index in [-0.39, 0.29) is 53.7 Å². The average Bonchev–Trinajstić information content (AvgIpc) is 3.01. The minimum absolute atomic E-state index is 0.00472. The lowest BCUT2D eigenvalue weighted by molar-refractivity contribution is -0.187. The summed E-state index contributed by atoms with van der Waals surface area (Å²) in [6.45, 7) is 4.13. The van der Waals surface area contributed by atoms with Crippen molar-refractivity contribution in [1.29, 1.82) is 0 Å². The van der Waals surface area contributed by atoms with Gasteiger partial charge in [0.2, 0.25) is 0 Å². The van der Waals surface area contributed by atoms with Gasteiger partial charge >= 0.3 is 11.9 Å². The summed E-state index contributed by atoms with van der Waals surface area (Å²) >= 11 is 0. The summed E-state index contributed by atoms with van der Waals surface area (Å²) in [5.74, 6) is -1.48. The highest BCUT2D eigenvalue weighted by Gasteiger charge is 2.68. The fourth-order valence-corrected chi connectivity index (χ4v) is 7.90. The van der Waals surface area contributed by atoms with E-state index in [1.54, 1.807) is 0 Å². The smallest absolute Gasteiger partial charge is 0.312 e. The second-order valence-electron chi connectivity index (χ2n) is 10.9. The number of fused-ring (bicyclic) bond motifs is 5. The zero-order chi connectivity index (χ0) is 23.5. The maximum Gasteiger partial charge on any atom is 0.312 e. The fourth-order valence-electron chi connectivity index (χ4n) is 7.90. The van der Waals surface area contributed by atoms with Crippen LogP contribution in [-0.4, -0.2) is 53.9 Å². The summed E-state index contributed by atoms with van der Waals surface area (Å²) in [5, 5.41) is 23.3. The Morgan fingerprint density at radius 3 is 2.56 bits per heavy atom. The lowest BCUT2D eigenvalue weighted by atomic mass is 9.44. The maximum absolute atomic E-state index is 12.9. The molecule has 0 amide bonds. The van der Waals surface area contributed by atoms with Crippen LogP contribution in [0.5, 0.6) is 0 Å². The summed E-state index contributed by atoms with van der Waals surface area (Å²) in [6.07, 6.45) is 4.71. The summed E-state index contributed by atoms with van der Waals surface area (Å²) in [6, 6.07) is 0.